The van der Waals surface area contributed by atoms with Gasteiger partial charge in [0, 0.05) is 63.8 Å². The van der Waals surface area contributed by atoms with Gasteiger partial charge in [-0.1, -0.05) is 6.07 Å². The second kappa shape index (κ2) is 7.87. The quantitative estimate of drug-likeness (QED) is 0.764. The molecule has 2 saturated heterocycles. The largest absolute Gasteiger partial charge is 0.353 e. The molecule has 7 heteroatoms. The number of rotatable bonds is 4. The summed E-state index contributed by atoms with van der Waals surface area (Å²) in [6.07, 6.45) is 4.60. The molecule has 2 aliphatic heterocycles. The Morgan fingerprint density at radius 2 is 1.71 bits per heavy atom. The van der Waals surface area contributed by atoms with E-state index in [0.717, 1.165) is 31.1 Å². The molecule has 3 heterocycles. The van der Waals surface area contributed by atoms with E-state index in [-0.39, 0.29) is 11.9 Å². The topological polar surface area (TPSA) is 60.0 Å². The van der Waals surface area contributed by atoms with Crippen LogP contribution in [0.3, 0.4) is 0 Å². The van der Waals surface area contributed by atoms with E-state index in [4.69, 9.17) is 4.98 Å². The van der Waals surface area contributed by atoms with Crippen LogP contribution in [0.15, 0.2) is 36.5 Å². The lowest BCUT2D eigenvalue weighted by Gasteiger charge is -2.36. The van der Waals surface area contributed by atoms with Crippen molar-refractivity contribution in [1.29, 1.82) is 0 Å². The van der Waals surface area contributed by atoms with E-state index in [1.807, 2.05) is 35.4 Å². The minimum atomic E-state index is 0.00395. The minimum Gasteiger partial charge on any atom is -0.353 e. The molecule has 7 nitrogen and oxygen atoms in total. The molecule has 0 radical (unpaired) electrons. The van der Waals surface area contributed by atoms with E-state index in [9.17, 15) is 9.59 Å². The molecule has 5 rings (SSSR count). The van der Waals surface area contributed by atoms with E-state index in [1.165, 1.54) is 24.0 Å². The Morgan fingerprint density at radius 3 is 2.29 bits per heavy atom. The highest BCUT2D eigenvalue weighted by Crippen LogP contribution is 2.40. The number of pyridine rings is 1. The maximum atomic E-state index is 13.0. The van der Waals surface area contributed by atoms with Crippen LogP contribution >= 0.6 is 0 Å². The second-order valence-corrected chi connectivity index (χ2v) is 8.87. The number of aromatic nitrogens is 1. The van der Waals surface area contributed by atoms with Crippen molar-refractivity contribution in [3.8, 4) is 0 Å². The Labute approximate surface area is 183 Å². The smallest absolute Gasteiger partial charge is 0.324 e. The van der Waals surface area contributed by atoms with E-state index in [2.05, 4.69) is 17.9 Å². The maximum absolute atomic E-state index is 13.0. The van der Waals surface area contributed by atoms with Crippen LogP contribution in [0.1, 0.15) is 40.2 Å². The standard InChI is InChI=1S/C24H29N5O2/c1-17-15-20(18-3-4-18)16-25-22(17)27-10-12-28(13-11-27)23(30)19-5-7-21(8-6-19)29-14-9-26(2)24(29)31/h5-8,15-16,18H,3-4,9-14H2,1-2H3. The fraction of sp³-hybridized carbons (Fsp3) is 0.458. The van der Waals surface area contributed by atoms with Gasteiger partial charge in [0.2, 0.25) is 0 Å². The van der Waals surface area contributed by atoms with E-state index < -0.39 is 0 Å². The first kappa shape index (κ1) is 19.8. The van der Waals surface area contributed by atoms with Gasteiger partial charge in [-0.25, -0.2) is 9.78 Å². The average molecular weight is 420 g/mol. The molecule has 0 atom stereocenters. The molecule has 1 saturated carbocycles. The monoisotopic (exact) mass is 419 g/mol. The summed E-state index contributed by atoms with van der Waals surface area (Å²) in [6.45, 7) is 6.48. The predicted molar refractivity (Wildman–Crippen MR) is 121 cm³/mol. The number of carbonyl (C=O) groups is 2. The first-order valence-electron chi connectivity index (χ1n) is 11.1. The van der Waals surface area contributed by atoms with Crippen LogP contribution in [0.4, 0.5) is 16.3 Å². The molecule has 1 aliphatic carbocycles. The van der Waals surface area contributed by atoms with Crippen molar-refractivity contribution in [2.75, 3.05) is 56.1 Å². The fourth-order valence-corrected chi connectivity index (χ4v) is 4.54. The maximum Gasteiger partial charge on any atom is 0.324 e. The van der Waals surface area contributed by atoms with Gasteiger partial charge in [-0.3, -0.25) is 9.69 Å². The normalized spacial score (nSPS) is 19.4. The number of amides is 3. The van der Waals surface area contributed by atoms with E-state index in [1.54, 1.807) is 16.8 Å². The molecular weight excluding hydrogens is 390 g/mol. The third-order valence-electron chi connectivity index (χ3n) is 6.63. The Kier molecular flexibility index (Phi) is 5.04. The number of hydrogen-bond acceptors (Lipinski definition) is 4. The molecular formula is C24H29N5O2. The Bertz CT molecular complexity index is 994. The van der Waals surface area contributed by atoms with Crippen LogP contribution in [0, 0.1) is 6.92 Å². The molecule has 1 aromatic heterocycles. The fourth-order valence-electron chi connectivity index (χ4n) is 4.54. The zero-order chi connectivity index (χ0) is 21.5. The first-order valence-corrected chi connectivity index (χ1v) is 11.1. The van der Waals surface area contributed by atoms with Crippen molar-refractivity contribution in [2.45, 2.75) is 25.7 Å². The lowest BCUT2D eigenvalue weighted by molar-refractivity contribution is 0.0746. The molecule has 2 aromatic rings. The van der Waals surface area contributed by atoms with Gasteiger partial charge in [0.1, 0.15) is 5.82 Å². The van der Waals surface area contributed by atoms with Gasteiger partial charge in [-0.05, 0) is 61.1 Å². The van der Waals surface area contributed by atoms with Crippen molar-refractivity contribution in [3.05, 3.63) is 53.2 Å². The zero-order valence-corrected chi connectivity index (χ0v) is 18.3. The highest BCUT2D eigenvalue weighted by molar-refractivity contribution is 5.97. The number of urea groups is 1. The molecule has 0 spiro atoms. The molecule has 0 N–H and O–H groups in total. The number of hydrogen-bond donors (Lipinski definition) is 0. The summed E-state index contributed by atoms with van der Waals surface area (Å²) in [4.78, 5) is 37.5. The molecule has 3 aliphatic rings. The zero-order valence-electron chi connectivity index (χ0n) is 18.3. The highest BCUT2D eigenvalue weighted by Gasteiger charge is 2.28. The van der Waals surface area contributed by atoms with Crippen molar-refractivity contribution >= 4 is 23.4 Å². The van der Waals surface area contributed by atoms with Gasteiger partial charge in [0.15, 0.2) is 0 Å². The van der Waals surface area contributed by atoms with Crippen LogP contribution in [0.25, 0.3) is 0 Å². The predicted octanol–water partition coefficient (Wildman–Crippen LogP) is 3.10. The molecule has 3 amide bonds. The minimum absolute atomic E-state index is 0.00395. The first-order chi connectivity index (χ1) is 15.0. The third-order valence-corrected chi connectivity index (χ3v) is 6.63. The lowest BCUT2D eigenvalue weighted by Crippen LogP contribution is -2.49. The number of anilines is 2. The van der Waals surface area contributed by atoms with Gasteiger partial charge in [0.05, 0.1) is 0 Å². The number of aryl methyl sites for hydroxylation is 1. The highest BCUT2D eigenvalue weighted by atomic mass is 16.2. The van der Waals surface area contributed by atoms with Crippen molar-refractivity contribution in [1.82, 2.24) is 14.8 Å². The van der Waals surface area contributed by atoms with Crippen LogP contribution in [-0.2, 0) is 0 Å². The number of carbonyl (C=O) groups excluding carboxylic acids is 2. The van der Waals surface area contributed by atoms with Gasteiger partial charge in [-0.15, -0.1) is 0 Å². The average Bonchev–Trinajstić information content (AvgIpc) is 3.59. The molecule has 0 unspecified atom stereocenters. The SMILES string of the molecule is Cc1cc(C2CC2)cnc1N1CCN(C(=O)c2ccc(N3CCN(C)C3=O)cc2)CC1. The molecule has 3 fully saturated rings. The number of nitrogens with zero attached hydrogens (tertiary/aromatic N) is 5. The van der Waals surface area contributed by atoms with Crippen LogP contribution < -0.4 is 9.80 Å². The van der Waals surface area contributed by atoms with Gasteiger partial charge >= 0.3 is 6.03 Å². The van der Waals surface area contributed by atoms with Gasteiger partial charge in [0.25, 0.3) is 5.91 Å². The second-order valence-electron chi connectivity index (χ2n) is 8.87. The van der Waals surface area contributed by atoms with Crippen LogP contribution in [0.5, 0.6) is 0 Å². The van der Waals surface area contributed by atoms with Gasteiger partial charge in [-0.2, -0.15) is 0 Å². The van der Waals surface area contributed by atoms with Crippen LogP contribution in [-0.4, -0.2) is 73.0 Å². The van der Waals surface area contributed by atoms with E-state index >= 15 is 0 Å². The Hall–Kier alpha value is -3.09. The van der Waals surface area contributed by atoms with Crippen molar-refractivity contribution in [3.63, 3.8) is 0 Å². The Morgan fingerprint density at radius 1 is 1.00 bits per heavy atom. The summed E-state index contributed by atoms with van der Waals surface area (Å²) in [6, 6.07) is 9.69. The van der Waals surface area contributed by atoms with Gasteiger partial charge < -0.3 is 14.7 Å². The summed E-state index contributed by atoms with van der Waals surface area (Å²) >= 11 is 0. The molecule has 0 bridgehead atoms. The Balaban J connectivity index is 1.20. The third kappa shape index (κ3) is 3.84. The lowest BCUT2D eigenvalue weighted by atomic mass is 10.1. The summed E-state index contributed by atoms with van der Waals surface area (Å²) in [5.74, 6) is 1.80. The van der Waals surface area contributed by atoms with Crippen molar-refractivity contribution in [2.24, 2.45) is 0 Å². The summed E-state index contributed by atoms with van der Waals surface area (Å²) in [7, 11) is 1.80. The summed E-state index contributed by atoms with van der Waals surface area (Å²) in [5, 5.41) is 0. The number of benzene rings is 1. The van der Waals surface area contributed by atoms with E-state index in [0.29, 0.717) is 31.1 Å². The summed E-state index contributed by atoms with van der Waals surface area (Å²) in [5.41, 5.74) is 4.09. The van der Waals surface area contributed by atoms with Crippen molar-refractivity contribution < 1.29 is 9.59 Å². The summed E-state index contributed by atoms with van der Waals surface area (Å²) < 4.78 is 0. The number of piperazine rings is 1. The van der Waals surface area contributed by atoms with Crippen LogP contribution in [0.2, 0.25) is 0 Å². The molecule has 31 heavy (non-hydrogen) atoms. The molecule has 1 aromatic carbocycles. The number of likely N-dealkylation sites (N-methyl/N-ethyl adjacent to an activating group) is 1. The molecule has 162 valence electrons.